The van der Waals surface area contributed by atoms with E-state index < -0.39 is 10.0 Å². The molecule has 2 aromatic heterocycles. The number of rotatable bonds is 6. The lowest BCUT2D eigenvalue weighted by atomic mass is 10.1. The highest BCUT2D eigenvalue weighted by atomic mass is 32.2. The van der Waals surface area contributed by atoms with Gasteiger partial charge < -0.3 is 9.32 Å². The Labute approximate surface area is 156 Å². The second-order valence-corrected chi connectivity index (χ2v) is 8.58. The Morgan fingerprint density at radius 3 is 2.46 bits per heavy atom. The SMILES string of the molecule is CC(c1ccco1)N(C)C(=O)c1ccc(NS(=O)(=O)c2cccs2)cc1. The van der Waals surface area contributed by atoms with Gasteiger partial charge in [-0.1, -0.05) is 6.07 Å². The molecule has 0 saturated carbocycles. The fraction of sp³-hybridized carbons (Fsp3) is 0.167. The monoisotopic (exact) mass is 390 g/mol. The number of carbonyl (C=O) groups is 1. The van der Waals surface area contributed by atoms with Crippen LogP contribution in [0, 0.1) is 0 Å². The molecule has 1 atom stereocenters. The number of hydrogen-bond acceptors (Lipinski definition) is 5. The number of nitrogens with zero attached hydrogens (tertiary/aromatic N) is 1. The van der Waals surface area contributed by atoms with Gasteiger partial charge in [-0.2, -0.15) is 0 Å². The predicted octanol–water partition coefficient (Wildman–Crippen LogP) is 3.98. The third-order valence-electron chi connectivity index (χ3n) is 4.00. The van der Waals surface area contributed by atoms with Crippen LogP contribution >= 0.6 is 11.3 Å². The number of benzene rings is 1. The van der Waals surface area contributed by atoms with E-state index in [1.807, 2.05) is 13.0 Å². The Kier molecular flexibility index (Phi) is 5.15. The predicted molar refractivity (Wildman–Crippen MR) is 101 cm³/mol. The molecule has 8 heteroatoms. The van der Waals surface area contributed by atoms with Crippen LogP contribution in [-0.4, -0.2) is 26.3 Å². The average Bonchev–Trinajstić information content (AvgIpc) is 3.33. The molecule has 1 amide bonds. The molecule has 0 saturated heterocycles. The molecule has 0 radical (unpaired) electrons. The van der Waals surface area contributed by atoms with Crippen molar-refractivity contribution < 1.29 is 17.6 Å². The van der Waals surface area contributed by atoms with Crippen LogP contribution in [0.2, 0.25) is 0 Å². The summed E-state index contributed by atoms with van der Waals surface area (Å²) in [5.41, 5.74) is 0.863. The largest absolute Gasteiger partial charge is 0.467 e. The van der Waals surface area contributed by atoms with Crippen molar-refractivity contribution in [2.75, 3.05) is 11.8 Å². The highest BCUT2D eigenvalue weighted by molar-refractivity contribution is 7.94. The van der Waals surface area contributed by atoms with Crippen molar-refractivity contribution in [3.8, 4) is 0 Å². The van der Waals surface area contributed by atoms with Gasteiger partial charge in [-0.05, 0) is 54.8 Å². The summed E-state index contributed by atoms with van der Waals surface area (Å²) in [6.07, 6.45) is 1.57. The smallest absolute Gasteiger partial charge is 0.271 e. The zero-order valence-corrected chi connectivity index (χ0v) is 15.9. The maximum atomic E-state index is 12.6. The highest BCUT2D eigenvalue weighted by Crippen LogP contribution is 2.23. The number of anilines is 1. The molecule has 1 unspecified atom stereocenters. The van der Waals surface area contributed by atoms with Crippen molar-refractivity contribution in [3.05, 3.63) is 71.5 Å². The zero-order chi connectivity index (χ0) is 18.7. The minimum Gasteiger partial charge on any atom is -0.467 e. The van der Waals surface area contributed by atoms with E-state index in [-0.39, 0.29) is 16.2 Å². The molecule has 2 heterocycles. The summed E-state index contributed by atoms with van der Waals surface area (Å²) in [4.78, 5) is 14.2. The fourth-order valence-corrected chi connectivity index (χ4v) is 4.45. The van der Waals surface area contributed by atoms with Crippen LogP contribution in [0.25, 0.3) is 0 Å². The van der Waals surface area contributed by atoms with E-state index in [4.69, 9.17) is 4.42 Å². The van der Waals surface area contributed by atoms with Crippen molar-refractivity contribution in [3.63, 3.8) is 0 Å². The number of thiophene rings is 1. The summed E-state index contributed by atoms with van der Waals surface area (Å²) in [5.74, 6) is 0.516. The normalized spacial score (nSPS) is 12.5. The van der Waals surface area contributed by atoms with E-state index in [0.717, 1.165) is 11.3 Å². The van der Waals surface area contributed by atoms with E-state index in [0.29, 0.717) is 17.0 Å². The molecule has 3 aromatic rings. The standard InChI is InChI=1S/C18H18N2O4S2/c1-13(16-5-3-11-24-16)20(2)18(21)14-7-9-15(10-8-14)19-26(22,23)17-6-4-12-25-17/h3-13,19H,1-2H3. The highest BCUT2D eigenvalue weighted by Gasteiger charge is 2.21. The first-order chi connectivity index (χ1) is 12.4. The lowest BCUT2D eigenvalue weighted by molar-refractivity contribution is 0.0726. The molecule has 0 aliphatic carbocycles. The van der Waals surface area contributed by atoms with Gasteiger partial charge in [0.15, 0.2) is 0 Å². The van der Waals surface area contributed by atoms with E-state index >= 15 is 0 Å². The van der Waals surface area contributed by atoms with Crippen molar-refractivity contribution >= 4 is 33.0 Å². The first kappa shape index (κ1) is 18.2. The third kappa shape index (κ3) is 3.81. The number of carbonyl (C=O) groups excluding carboxylic acids is 1. The van der Waals surface area contributed by atoms with Gasteiger partial charge in [0.05, 0.1) is 12.3 Å². The first-order valence-corrected chi connectivity index (χ1v) is 10.2. The molecule has 136 valence electrons. The number of nitrogens with one attached hydrogen (secondary N) is 1. The molecule has 0 spiro atoms. The topological polar surface area (TPSA) is 79.6 Å². The maximum Gasteiger partial charge on any atom is 0.271 e. The second-order valence-electron chi connectivity index (χ2n) is 5.72. The van der Waals surface area contributed by atoms with Gasteiger partial charge in [0.2, 0.25) is 0 Å². The summed E-state index contributed by atoms with van der Waals surface area (Å²) in [7, 11) is -1.90. The summed E-state index contributed by atoms with van der Waals surface area (Å²) < 4.78 is 32.5. The van der Waals surface area contributed by atoms with Crippen LogP contribution < -0.4 is 4.72 Å². The molecule has 0 fully saturated rings. The lowest BCUT2D eigenvalue weighted by Gasteiger charge is -2.23. The van der Waals surface area contributed by atoms with Crippen LogP contribution in [0.3, 0.4) is 0 Å². The van der Waals surface area contributed by atoms with Gasteiger partial charge in [-0.15, -0.1) is 11.3 Å². The summed E-state index contributed by atoms with van der Waals surface area (Å²) in [5, 5.41) is 1.70. The minimum atomic E-state index is -3.60. The van der Waals surface area contributed by atoms with Crippen LogP contribution in [0.15, 0.2) is 68.8 Å². The summed E-state index contributed by atoms with van der Waals surface area (Å²) in [6.45, 7) is 1.88. The van der Waals surface area contributed by atoms with Gasteiger partial charge in [-0.3, -0.25) is 9.52 Å². The average molecular weight is 390 g/mol. The molecule has 0 aliphatic rings. The molecule has 0 aliphatic heterocycles. The zero-order valence-electron chi connectivity index (χ0n) is 14.2. The molecule has 3 rings (SSSR count). The lowest BCUT2D eigenvalue weighted by Crippen LogP contribution is -2.29. The molecule has 0 bridgehead atoms. The Bertz CT molecular complexity index is 963. The molecule has 6 nitrogen and oxygen atoms in total. The first-order valence-electron chi connectivity index (χ1n) is 7.85. The van der Waals surface area contributed by atoms with Gasteiger partial charge in [0.25, 0.3) is 15.9 Å². The van der Waals surface area contributed by atoms with Crippen molar-refractivity contribution in [2.45, 2.75) is 17.2 Å². The maximum absolute atomic E-state index is 12.6. The summed E-state index contributed by atoms with van der Waals surface area (Å²) in [6, 6.07) is 12.9. The van der Waals surface area contributed by atoms with Crippen molar-refractivity contribution in [2.24, 2.45) is 0 Å². The van der Waals surface area contributed by atoms with Gasteiger partial charge >= 0.3 is 0 Å². The van der Waals surface area contributed by atoms with Crippen LogP contribution in [0.5, 0.6) is 0 Å². The summed E-state index contributed by atoms with van der Waals surface area (Å²) >= 11 is 1.14. The van der Waals surface area contributed by atoms with E-state index in [1.165, 1.54) is 6.07 Å². The van der Waals surface area contributed by atoms with Crippen LogP contribution in [0.4, 0.5) is 5.69 Å². The number of furan rings is 1. The molecular weight excluding hydrogens is 372 g/mol. The Morgan fingerprint density at radius 2 is 1.88 bits per heavy atom. The minimum absolute atomic E-state index is 0.179. The quantitative estimate of drug-likeness (QED) is 0.690. The van der Waals surface area contributed by atoms with Crippen LogP contribution in [-0.2, 0) is 10.0 Å². The number of hydrogen-bond donors (Lipinski definition) is 1. The third-order valence-corrected chi connectivity index (χ3v) is 6.78. The number of amides is 1. The van der Waals surface area contributed by atoms with Gasteiger partial charge in [0.1, 0.15) is 9.97 Å². The Balaban J connectivity index is 1.72. The Hall–Kier alpha value is -2.58. The van der Waals surface area contributed by atoms with Crippen LogP contribution in [0.1, 0.15) is 29.1 Å². The van der Waals surface area contributed by atoms with E-state index in [9.17, 15) is 13.2 Å². The molecule has 1 aromatic carbocycles. The fourth-order valence-electron chi connectivity index (χ4n) is 2.40. The molecule has 1 N–H and O–H groups in total. The molecular formula is C18H18N2O4S2. The second kappa shape index (κ2) is 7.35. The molecule has 26 heavy (non-hydrogen) atoms. The van der Waals surface area contributed by atoms with Crippen molar-refractivity contribution in [1.29, 1.82) is 0 Å². The van der Waals surface area contributed by atoms with E-state index in [2.05, 4.69) is 4.72 Å². The van der Waals surface area contributed by atoms with Gasteiger partial charge in [-0.25, -0.2) is 8.42 Å². The van der Waals surface area contributed by atoms with Crippen molar-refractivity contribution in [1.82, 2.24) is 4.90 Å². The van der Waals surface area contributed by atoms with Gasteiger partial charge in [0, 0.05) is 18.3 Å². The Morgan fingerprint density at radius 1 is 1.15 bits per heavy atom. The van der Waals surface area contributed by atoms with E-state index in [1.54, 1.807) is 60.0 Å². The number of sulfonamides is 1.